The molecule has 2 aromatic carbocycles. The molecule has 0 saturated carbocycles. The van der Waals surface area contributed by atoms with Gasteiger partial charge in [0.25, 0.3) is 0 Å². The fourth-order valence-corrected chi connectivity index (χ4v) is 2.44. The van der Waals surface area contributed by atoms with Crippen molar-refractivity contribution in [3.8, 4) is 11.4 Å². The number of nitrogens with one attached hydrogen (secondary N) is 1. The van der Waals surface area contributed by atoms with Gasteiger partial charge in [0.05, 0.1) is 16.7 Å². The normalized spacial score (nSPS) is 10.9. The van der Waals surface area contributed by atoms with Crippen molar-refractivity contribution in [2.24, 2.45) is 0 Å². The lowest BCUT2D eigenvalue weighted by atomic mass is 10.2. The predicted molar refractivity (Wildman–Crippen MR) is 73.3 cm³/mol. The summed E-state index contributed by atoms with van der Waals surface area (Å²) < 4.78 is 2.36. The molecular weight excluding hydrogens is 296 g/mol. The van der Waals surface area contributed by atoms with Crippen molar-refractivity contribution in [2.75, 3.05) is 0 Å². The Kier molecular flexibility index (Phi) is 2.48. The zero-order chi connectivity index (χ0) is 12.7. The van der Waals surface area contributed by atoms with Crippen LogP contribution in [0, 0.1) is 0 Å². The Balaban J connectivity index is 2.39. The number of hydrogen-bond acceptors (Lipinski definition) is 2. The second-order valence-electron chi connectivity index (χ2n) is 3.92. The van der Waals surface area contributed by atoms with Crippen molar-refractivity contribution in [1.29, 1.82) is 0 Å². The molecule has 0 aliphatic rings. The molecular formula is C13H9BrN2O2. The maximum atomic E-state index is 12.0. The first kappa shape index (κ1) is 11.1. The summed E-state index contributed by atoms with van der Waals surface area (Å²) in [6.07, 6.45) is 0. The Morgan fingerprint density at radius 1 is 1.17 bits per heavy atom. The maximum Gasteiger partial charge on any atom is 0.331 e. The molecule has 0 aliphatic heterocycles. The minimum atomic E-state index is -0.234. The lowest BCUT2D eigenvalue weighted by molar-refractivity contribution is 0.475. The molecule has 0 radical (unpaired) electrons. The van der Waals surface area contributed by atoms with Gasteiger partial charge in [-0.2, -0.15) is 0 Å². The molecule has 2 N–H and O–H groups in total. The van der Waals surface area contributed by atoms with Gasteiger partial charge >= 0.3 is 5.69 Å². The van der Waals surface area contributed by atoms with Gasteiger partial charge in [-0.15, -0.1) is 0 Å². The van der Waals surface area contributed by atoms with Crippen molar-refractivity contribution < 1.29 is 5.11 Å². The standard InChI is InChI=1S/C13H9BrN2O2/c14-10-5-2-6-11-12(10)15-13(18)16(11)8-3-1-4-9(17)7-8/h1-7,17H,(H,15,18). The summed E-state index contributed by atoms with van der Waals surface area (Å²) >= 11 is 3.40. The number of rotatable bonds is 1. The Hall–Kier alpha value is -2.01. The molecule has 0 amide bonds. The first-order valence-corrected chi connectivity index (χ1v) is 6.15. The second kappa shape index (κ2) is 4.03. The number of phenols is 1. The Labute approximate surface area is 111 Å². The van der Waals surface area contributed by atoms with Crippen LogP contribution >= 0.6 is 15.9 Å². The lowest BCUT2D eigenvalue weighted by Crippen LogP contribution is -2.14. The van der Waals surface area contributed by atoms with E-state index in [1.807, 2.05) is 18.2 Å². The van der Waals surface area contributed by atoms with Gasteiger partial charge in [0.15, 0.2) is 0 Å². The average Bonchev–Trinajstić information content (AvgIpc) is 2.67. The van der Waals surface area contributed by atoms with Crippen LogP contribution < -0.4 is 5.69 Å². The molecule has 0 aliphatic carbocycles. The number of hydrogen-bond donors (Lipinski definition) is 2. The Morgan fingerprint density at radius 3 is 2.72 bits per heavy atom. The third kappa shape index (κ3) is 1.64. The number of halogens is 1. The molecule has 5 heteroatoms. The second-order valence-corrected chi connectivity index (χ2v) is 4.77. The highest BCUT2D eigenvalue weighted by Gasteiger charge is 2.10. The summed E-state index contributed by atoms with van der Waals surface area (Å²) in [5, 5.41) is 9.49. The molecule has 4 nitrogen and oxygen atoms in total. The fraction of sp³-hybridized carbons (Fsp3) is 0. The van der Waals surface area contributed by atoms with Gasteiger partial charge in [0.2, 0.25) is 0 Å². The van der Waals surface area contributed by atoms with Gasteiger partial charge in [-0.1, -0.05) is 12.1 Å². The van der Waals surface area contributed by atoms with Crippen molar-refractivity contribution in [1.82, 2.24) is 9.55 Å². The van der Waals surface area contributed by atoms with E-state index in [1.54, 1.807) is 24.3 Å². The Morgan fingerprint density at radius 2 is 1.94 bits per heavy atom. The van der Waals surface area contributed by atoms with Crippen LogP contribution in [0.25, 0.3) is 16.7 Å². The molecule has 0 spiro atoms. The first-order valence-electron chi connectivity index (χ1n) is 5.35. The smallest absolute Gasteiger partial charge is 0.331 e. The van der Waals surface area contributed by atoms with E-state index >= 15 is 0 Å². The summed E-state index contributed by atoms with van der Waals surface area (Å²) in [6.45, 7) is 0. The molecule has 0 atom stereocenters. The number of H-pyrrole nitrogens is 1. The van der Waals surface area contributed by atoms with E-state index in [0.717, 1.165) is 15.5 Å². The van der Waals surface area contributed by atoms with E-state index in [2.05, 4.69) is 20.9 Å². The molecule has 3 aromatic rings. The number of phenolic OH excluding ortho intramolecular Hbond substituents is 1. The summed E-state index contributed by atoms with van der Waals surface area (Å²) in [5.74, 6) is 0.128. The number of aromatic amines is 1. The van der Waals surface area contributed by atoms with Crippen molar-refractivity contribution in [2.45, 2.75) is 0 Å². The summed E-state index contributed by atoms with van der Waals surface area (Å²) in [7, 11) is 0. The molecule has 1 heterocycles. The molecule has 0 bridgehead atoms. The molecule has 90 valence electrons. The first-order chi connectivity index (χ1) is 8.66. The highest BCUT2D eigenvalue weighted by Crippen LogP contribution is 2.23. The van der Waals surface area contributed by atoms with E-state index in [1.165, 1.54) is 4.57 Å². The van der Waals surface area contributed by atoms with E-state index in [9.17, 15) is 9.90 Å². The van der Waals surface area contributed by atoms with Crippen LogP contribution in [-0.2, 0) is 0 Å². The van der Waals surface area contributed by atoms with Crippen LogP contribution in [-0.4, -0.2) is 14.7 Å². The lowest BCUT2D eigenvalue weighted by Gasteiger charge is -2.03. The van der Waals surface area contributed by atoms with E-state index in [0.29, 0.717) is 5.69 Å². The van der Waals surface area contributed by atoms with Crippen LogP contribution in [0.15, 0.2) is 51.7 Å². The van der Waals surface area contributed by atoms with Gasteiger partial charge in [-0.25, -0.2) is 4.79 Å². The molecule has 3 rings (SSSR count). The van der Waals surface area contributed by atoms with Gasteiger partial charge in [0, 0.05) is 10.5 Å². The molecule has 0 fully saturated rings. The minimum Gasteiger partial charge on any atom is -0.508 e. The van der Waals surface area contributed by atoms with Gasteiger partial charge < -0.3 is 10.1 Å². The largest absolute Gasteiger partial charge is 0.508 e. The monoisotopic (exact) mass is 304 g/mol. The summed E-state index contributed by atoms with van der Waals surface area (Å²) in [4.78, 5) is 14.8. The molecule has 1 aromatic heterocycles. The van der Waals surface area contributed by atoms with E-state index in [-0.39, 0.29) is 11.4 Å². The van der Waals surface area contributed by atoms with Crippen LogP contribution in [0.5, 0.6) is 5.75 Å². The van der Waals surface area contributed by atoms with Crippen molar-refractivity contribution in [3.63, 3.8) is 0 Å². The van der Waals surface area contributed by atoms with Crippen molar-refractivity contribution >= 4 is 27.0 Å². The fourth-order valence-electron chi connectivity index (χ4n) is 1.98. The number of fused-ring (bicyclic) bond motifs is 1. The van der Waals surface area contributed by atoms with Crippen LogP contribution in [0.4, 0.5) is 0 Å². The minimum absolute atomic E-state index is 0.128. The van der Waals surface area contributed by atoms with Gasteiger partial charge in [0.1, 0.15) is 5.75 Å². The molecule has 0 saturated heterocycles. The third-order valence-corrected chi connectivity index (χ3v) is 3.42. The zero-order valence-corrected chi connectivity index (χ0v) is 10.8. The molecule has 18 heavy (non-hydrogen) atoms. The number of para-hydroxylation sites is 1. The SMILES string of the molecule is O=c1[nH]c2c(Br)cccc2n1-c1cccc(O)c1. The number of aromatic nitrogens is 2. The third-order valence-electron chi connectivity index (χ3n) is 2.76. The quantitative estimate of drug-likeness (QED) is 0.726. The van der Waals surface area contributed by atoms with Crippen LogP contribution in [0.3, 0.4) is 0 Å². The number of aromatic hydroxyl groups is 1. The van der Waals surface area contributed by atoms with Crippen LogP contribution in [0.2, 0.25) is 0 Å². The van der Waals surface area contributed by atoms with E-state index < -0.39 is 0 Å². The van der Waals surface area contributed by atoms with Crippen molar-refractivity contribution in [3.05, 3.63) is 57.4 Å². The summed E-state index contributed by atoms with van der Waals surface area (Å²) in [6, 6.07) is 12.2. The topological polar surface area (TPSA) is 58.0 Å². The molecule has 0 unspecified atom stereocenters. The van der Waals surface area contributed by atoms with Crippen LogP contribution in [0.1, 0.15) is 0 Å². The maximum absolute atomic E-state index is 12.0. The Bertz CT molecular complexity index is 789. The highest BCUT2D eigenvalue weighted by atomic mass is 79.9. The number of nitrogens with zero attached hydrogens (tertiary/aromatic N) is 1. The predicted octanol–water partition coefficient (Wildman–Crippen LogP) is 2.79. The average molecular weight is 305 g/mol. The van der Waals surface area contributed by atoms with Gasteiger partial charge in [-0.05, 0) is 40.2 Å². The van der Waals surface area contributed by atoms with E-state index in [4.69, 9.17) is 0 Å². The highest BCUT2D eigenvalue weighted by molar-refractivity contribution is 9.10. The van der Waals surface area contributed by atoms with Gasteiger partial charge in [-0.3, -0.25) is 4.57 Å². The zero-order valence-electron chi connectivity index (χ0n) is 9.22. The number of imidazole rings is 1. The number of benzene rings is 2. The summed E-state index contributed by atoms with van der Waals surface area (Å²) in [5.41, 5.74) is 1.90.